The first-order valence-corrected chi connectivity index (χ1v) is 5.37. The van der Waals surface area contributed by atoms with Gasteiger partial charge in [0.25, 0.3) is 0 Å². The van der Waals surface area contributed by atoms with E-state index >= 15 is 0 Å². The quantitative estimate of drug-likeness (QED) is 0.770. The Kier molecular flexibility index (Phi) is 2.92. The van der Waals surface area contributed by atoms with Gasteiger partial charge in [-0.25, -0.2) is 4.39 Å². The van der Waals surface area contributed by atoms with Crippen LogP contribution in [0.3, 0.4) is 0 Å². The lowest BCUT2D eigenvalue weighted by molar-refractivity contribution is -0.142. The molecule has 1 saturated heterocycles. The van der Waals surface area contributed by atoms with E-state index in [0.29, 0.717) is 13.1 Å². The fraction of sp³-hybridized carbons (Fsp3) is 0.417. The molecule has 2 N–H and O–H groups in total. The summed E-state index contributed by atoms with van der Waals surface area (Å²) in [6.45, 7) is 3.18. The van der Waals surface area contributed by atoms with E-state index < -0.39 is 0 Å². The highest BCUT2D eigenvalue weighted by Crippen LogP contribution is 2.14. The fourth-order valence-corrected chi connectivity index (χ4v) is 1.92. The van der Waals surface area contributed by atoms with Crippen molar-refractivity contribution in [2.24, 2.45) is 5.73 Å². The Morgan fingerprint density at radius 2 is 2.31 bits per heavy atom. The zero-order chi connectivity index (χ0) is 11.7. The normalized spacial score (nSPS) is 19.8. The zero-order valence-corrected chi connectivity index (χ0v) is 9.24. The number of benzene rings is 1. The summed E-state index contributed by atoms with van der Waals surface area (Å²) in [6.07, 6.45) is 0.755. The summed E-state index contributed by atoms with van der Waals surface area (Å²) in [7, 11) is 0. The molecule has 1 unspecified atom stereocenters. The number of hydrogen-bond acceptors (Lipinski definition) is 2. The van der Waals surface area contributed by atoms with Crippen molar-refractivity contribution in [2.75, 3.05) is 13.1 Å². The van der Waals surface area contributed by atoms with E-state index in [2.05, 4.69) is 0 Å². The topological polar surface area (TPSA) is 46.3 Å². The number of carbonyl (C=O) groups excluding carboxylic acids is 1. The third kappa shape index (κ3) is 2.07. The summed E-state index contributed by atoms with van der Waals surface area (Å²) in [6, 6.07) is 4.43. The van der Waals surface area contributed by atoms with E-state index in [1.54, 1.807) is 11.0 Å². The summed E-state index contributed by atoms with van der Waals surface area (Å²) in [5, 5.41) is 0. The van der Waals surface area contributed by atoms with Gasteiger partial charge in [-0.3, -0.25) is 4.79 Å². The van der Waals surface area contributed by atoms with E-state index in [-0.39, 0.29) is 17.8 Å². The number of carbonyl (C=O) groups is 1. The van der Waals surface area contributed by atoms with Crippen LogP contribution in [0.2, 0.25) is 0 Å². The van der Waals surface area contributed by atoms with E-state index in [1.165, 1.54) is 12.1 Å². The first-order valence-electron chi connectivity index (χ1n) is 5.37. The molecule has 0 bridgehead atoms. The van der Waals surface area contributed by atoms with Crippen LogP contribution in [-0.4, -0.2) is 29.9 Å². The van der Waals surface area contributed by atoms with Crippen molar-refractivity contribution >= 4 is 5.91 Å². The zero-order valence-electron chi connectivity index (χ0n) is 9.24. The molecule has 0 spiro atoms. The van der Waals surface area contributed by atoms with Gasteiger partial charge in [-0.15, -0.1) is 0 Å². The van der Waals surface area contributed by atoms with Crippen LogP contribution in [0, 0.1) is 12.7 Å². The van der Waals surface area contributed by atoms with Crippen LogP contribution in [0.15, 0.2) is 18.2 Å². The first-order chi connectivity index (χ1) is 7.58. The Bertz CT molecular complexity index is 419. The van der Waals surface area contributed by atoms with Crippen molar-refractivity contribution in [3.05, 3.63) is 35.1 Å². The summed E-state index contributed by atoms with van der Waals surface area (Å²) >= 11 is 0. The number of rotatable bonds is 3. The van der Waals surface area contributed by atoms with E-state index in [9.17, 15) is 9.18 Å². The molecule has 1 aliphatic heterocycles. The number of hydrogen-bond donors (Lipinski definition) is 1. The first kappa shape index (κ1) is 11.1. The Morgan fingerprint density at radius 1 is 1.56 bits per heavy atom. The molecule has 4 heteroatoms. The van der Waals surface area contributed by atoms with Crippen molar-refractivity contribution in [1.29, 1.82) is 0 Å². The average molecular weight is 222 g/mol. The van der Waals surface area contributed by atoms with E-state index in [0.717, 1.165) is 17.5 Å². The molecule has 16 heavy (non-hydrogen) atoms. The molecule has 1 amide bonds. The minimum absolute atomic E-state index is 0.0137. The number of aryl methyl sites for hydroxylation is 1. The van der Waals surface area contributed by atoms with Crippen molar-refractivity contribution in [3.8, 4) is 0 Å². The molecule has 0 aromatic heterocycles. The molecular formula is C12H15FN2O. The second-order valence-corrected chi connectivity index (χ2v) is 4.21. The van der Waals surface area contributed by atoms with Gasteiger partial charge in [-0.05, 0) is 36.6 Å². The van der Waals surface area contributed by atoms with Gasteiger partial charge in [-0.1, -0.05) is 6.07 Å². The summed E-state index contributed by atoms with van der Waals surface area (Å²) in [4.78, 5) is 13.0. The van der Waals surface area contributed by atoms with E-state index in [1.807, 2.05) is 6.92 Å². The number of nitrogens with two attached hydrogens (primary N) is 1. The standard InChI is InChI=1S/C12H15FN2O/c1-8-6-10(13)3-2-9(8)4-5-15-7-11(14)12(15)16/h2-3,6,11H,4-5,7,14H2,1H3. The van der Waals surface area contributed by atoms with Crippen LogP contribution in [-0.2, 0) is 11.2 Å². The SMILES string of the molecule is Cc1cc(F)ccc1CCN1CC(N)C1=O. The molecule has 1 aromatic rings. The highest BCUT2D eigenvalue weighted by molar-refractivity contribution is 5.87. The molecule has 0 saturated carbocycles. The third-order valence-corrected chi connectivity index (χ3v) is 3.00. The van der Waals surface area contributed by atoms with Gasteiger partial charge in [0, 0.05) is 13.1 Å². The van der Waals surface area contributed by atoms with Gasteiger partial charge in [0.2, 0.25) is 5.91 Å². The number of β-lactam (4-membered cyclic amide) rings is 1. The molecule has 1 atom stereocenters. The van der Waals surface area contributed by atoms with Crippen molar-refractivity contribution in [3.63, 3.8) is 0 Å². The van der Waals surface area contributed by atoms with Crippen LogP contribution in [0.4, 0.5) is 4.39 Å². The lowest BCUT2D eigenvalue weighted by atomic mass is 10.0. The van der Waals surface area contributed by atoms with Gasteiger partial charge in [0.15, 0.2) is 0 Å². The van der Waals surface area contributed by atoms with E-state index in [4.69, 9.17) is 5.73 Å². The largest absolute Gasteiger partial charge is 0.339 e. The second-order valence-electron chi connectivity index (χ2n) is 4.21. The van der Waals surface area contributed by atoms with Crippen LogP contribution in [0.1, 0.15) is 11.1 Å². The minimum Gasteiger partial charge on any atom is -0.339 e. The molecule has 86 valence electrons. The van der Waals surface area contributed by atoms with Crippen molar-refractivity contribution in [1.82, 2.24) is 4.90 Å². The maximum Gasteiger partial charge on any atom is 0.241 e. The van der Waals surface area contributed by atoms with Crippen molar-refractivity contribution in [2.45, 2.75) is 19.4 Å². The van der Waals surface area contributed by atoms with Crippen LogP contribution >= 0.6 is 0 Å². The monoisotopic (exact) mass is 222 g/mol. The van der Waals surface area contributed by atoms with Gasteiger partial charge >= 0.3 is 0 Å². The molecule has 0 radical (unpaired) electrons. The molecule has 1 fully saturated rings. The van der Waals surface area contributed by atoms with Crippen LogP contribution < -0.4 is 5.73 Å². The Balaban J connectivity index is 1.93. The van der Waals surface area contributed by atoms with Gasteiger partial charge < -0.3 is 10.6 Å². The highest BCUT2D eigenvalue weighted by atomic mass is 19.1. The summed E-state index contributed by atoms with van der Waals surface area (Å²) in [5.41, 5.74) is 7.50. The lowest BCUT2D eigenvalue weighted by Gasteiger charge is -2.36. The molecule has 1 heterocycles. The minimum atomic E-state index is -0.311. The Morgan fingerprint density at radius 3 is 2.88 bits per heavy atom. The summed E-state index contributed by atoms with van der Waals surface area (Å²) < 4.78 is 12.9. The molecule has 3 nitrogen and oxygen atoms in total. The summed E-state index contributed by atoms with van der Waals surface area (Å²) in [5.74, 6) is -0.205. The van der Waals surface area contributed by atoms with Crippen LogP contribution in [0.25, 0.3) is 0 Å². The van der Waals surface area contributed by atoms with Crippen molar-refractivity contribution < 1.29 is 9.18 Å². The Labute approximate surface area is 94.0 Å². The lowest BCUT2D eigenvalue weighted by Crippen LogP contribution is -2.61. The second kappa shape index (κ2) is 4.22. The average Bonchev–Trinajstić information content (AvgIpc) is 2.25. The number of amides is 1. The highest BCUT2D eigenvalue weighted by Gasteiger charge is 2.32. The smallest absolute Gasteiger partial charge is 0.241 e. The molecule has 0 aliphatic carbocycles. The number of halogens is 1. The molecule has 2 rings (SSSR count). The number of nitrogens with zero attached hydrogens (tertiary/aromatic N) is 1. The fourth-order valence-electron chi connectivity index (χ4n) is 1.92. The predicted octanol–water partition coefficient (Wildman–Crippen LogP) is 0.846. The maximum absolute atomic E-state index is 12.9. The van der Waals surface area contributed by atoms with Gasteiger partial charge in [-0.2, -0.15) is 0 Å². The third-order valence-electron chi connectivity index (χ3n) is 3.00. The molecule has 1 aliphatic rings. The maximum atomic E-state index is 12.9. The van der Waals surface area contributed by atoms with Gasteiger partial charge in [0.1, 0.15) is 11.9 Å². The van der Waals surface area contributed by atoms with Crippen LogP contribution in [0.5, 0.6) is 0 Å². The predicted molar refractivity (Wildman–Crippen MR) is 59.4 cm³/mol. The molecular weight excluding hydrogens is 207 g/mol. The van der Waals surface area contributed by atoms with Gasteiger partial charge in [0.05, 0.1) is 0 Å². The number of likely N-dealkylation sites (tertiary alicyclic amines) is 1. The molecule has 1 aromatic carbocycles. The Hall–Kier alpha value is -1.42.